The maximum Gasteiger partial charge on any atom is 0.250 e. The Labute approximate surface area is 199 Å². The molecule has 0 saturated carbocycles. The van der Waals surface area contributed by atoms with Crippen molar-refractivity contribution in [3.05, 3.63) is 41.7 Å². The van der Waals surface area contributed by atoms with E-state index in [1.165, 1.54) is 26.0 Å². The SMILES string of the molecule is COc1ncc(-c2nn(-c3cnn(C[C@H]4C[C@@H](C)N(C)[C@@H](C)C4)c3)c3c2CCOCC3)cc1F. The summed E-state index contributed by atoms with van der Waals surface area (Å²) in [6.45, 7) is 6.75. The Morgan fingerprint density at radius 3 is 2.65 bits per heavy atom. The number of likely N-dealkylation sites (tertiary alicyclic amines) is 1. The lowest BCUT2D eigenvalue weighted by Gasteiger charge is -2.40. The molecule has 0 aliphatic carbocycles. The average molecular weight is 469 g/mol. The molecule has 2 aliphatic heterocycles. The summed E-state index contributed by atoms with van der Waals surface area (Å²) in [5.74, 6) is 0.0833. The van der Waals surface area contributed by atoms with Gasteiger partial charge in [-0.25, -0.2) is 14.1 Å². The summed E-state index contributed by atoms with van der Waals surface area (Å²) < 4.78 is 29.1. The van der Waals surface area contributed by atoms with Crippen molar-refractivity contribution in [1.82, 2.24) is 29.4 Å². The van der Waals surface area contributed by atoms with Crippen molar-refractivity contribution in [3.63, 3.8) is 0 Å². The van der Waals surface area contributed by atoms with Gasteiger partial charge in [-0.1, -0.05) is 0 Å². The highest BCUT2D eigenvalue weighted by atomic mass is 19.1. The Morgan fingerprint density at radius 2 is 1.91 bits per heavy atom. The minimum absolute atomic E-state index is 0.0172. The Morgan fingerprint density at radius 1 is 1.15 bits per heavy atom. The van der Waals surface area contributed by atoms with Gasteiger partial charge >= 0.3 is 0 Å². The van der Waals surface area contributed by atoms with Crippen LogP contribution in [0.4, 0.5) is 4.39 Å². The van der Waals surface area contributed by atoms with Crippen molar-refractivity contribution in [2.45, 2.75) is 58.2 Å². The second-order valence-corrected chi connectivity index (χ2v) is 9.63. The minimum atomic E-state index is -0.498. The van der Waals surface area contributed by atoms with Crippen LogP contribution in [-0.4, -0.2) is 68.9 Å². The highest BCUT2D eigenvalue weighted by Crippen LogP contribution is 2.32. The third kappa shape index (κ3) is 4.34. The number of hydrogen-bond acceptors (Lipinski definition) is 6. The number of nitrogens with zero attached hydrogens (tertiary/aromatic N) is 6. The normalized spacial score (nSPS) is 23.5. The average Bonchev–Trinajstić information content (AvgIpc) is 3.34. The molecule has 5 rings (SSSR count). The topological polar surface area (TPSA) is 70.2 Å². The van der Waals surface area contributed by atoms with Gasteiger partial charge in [0.25, 0.3) is 0 Å². The second-order valence-electron chi connectivity index (χ2n) is 9.63. The number of fused-ring (bicyclic) bond motifs is 1. The summed E-state index contributed by atoms with van der Waals surface area (Å²) in [5.41, 5.74) is 4.46. The highest BCUT2D eigenvalue weighted by Gasteiger charge is 2.29. The smallest absolute Gasteiger partial charge is 0.250 e. The van der Waals surface area contributed by atoms with Crippen LogP contribution in [0.15, 0.2) is 24.7 Å². The maximum absolute atomic E-state index is 14.4. The van der Waals surface area contributed by atoms with Gasteiger partial charge in [-0.05, 0) is 52.1 Å². The van der Waals surface area contributed by atoms with E-state index in [4.69, 9.17) is 14.6 Å². The summed E-state index contributed by atoms with van der Waals surface area (Å²) in [6, 6.07) is 2.59. The fourth-order valence-corrected chi connectivity index (χ4v) is 5.40. The van der Waals surface area contributed by atoms with Gasteiger partial charge in [0.15, 0.2) is 5.82 Å². The number of ether oxygens (including phenoxy) is 2. The Balaban J connectivity index is 1.45. The molecule has 0 unspecified atom stereocenters. The monoisotopic (exact) mass is 468 g/mol. The van der Waals surface area contributed by atoms with Crippen LogP contribution in [-0.2, 0) is 24.1 Å². The van der Waals surface area contributed by atoms with Crippen LogP contribution in [0.3, 0.4) is 0 Å². The van der Waals surface area contributed by atoms with Gasteiger partial charge in [0.2, 0.25) is 5.88 Å². The lowest BCUT2D eigenvalue weighted by Crippen LogP contribution is -2.44. The van der Waals surface area contributed by atoms with Gasteiger partial charge < -0.3 is 14.4 Å². The number of halogens is 1. The van der Waals surface area contributed by atoms with E-state index in [2.05, 4.69) is 42.1 Å². The zero-order chi connectivity index (χ0) is 23.8. The molecule has 2 aliphatic rings. The van der Waals surface area contributed by atoms with Gasteiger partial charge in [0.1, 0.15) is 5.69 Å². The Hall–Kier alpha value is -2.78. The van der Waals surface area contributed by atoms with E-state index in [1.54, 1.807) is 6.20 Å². The van der Waals surface area contributed by atoms with E-state index in [9.17, 15) is 4.39 Å². The van der Waals surface area contributed by atoms with E-state index >= 15 is 0 Å². The van der Waals surface area contributed by atoms with Crippen molar-refractivity contribution in [2.24, 2.45) is 5.92 Å². The molecule has 0 aromatic carbocycles. The molecule has 0 N–H and O–H groups in total. The predicted octanol–water partition coefficient (Wildman–Crippen LogP) is 3.51. The number of methoxy groups -OCH3 is 1. The van der Waals surface area contributed by atoms with Crippen LogP contribution >= 0.6 is 0 Å². The molecule has 3 atom stereocenters. The first-order valence-corrected chi connectivity index (χ1v) is 12.1. The number of aromatic nitrogens is 5. The predicted molar refractivity (Wildman–Crippen MR) is 127 cm³/mol. The maximum atomic E-state index is 14.4. The third-order valence-corrected chi connectivity index (χ3v) is 7.39. The minimum Gasteiger partial charge on any atom is -0.479 e. The van der Waals surface area contributed by atoms with Crippen molar-refractivity contribution in [2.75, 3.05) is 27.4 Å². The fraction of sp³-hybridized carbons (Fsp3) is 0.560. The number of hydrogen-bond donors (Lipinski definition) is 0. The van der Waals surface area contributed by atoms with Crippen molar-refractivity contribution in [1.29, 1.82) is 0 Å². The largest absolute Gasteiger partial charge is 0.479 e. The van der Waals surface area contributed by atoms with Gasteiger partial charge in [-0.2, -0.15) is 10.2 Å². The van der Waals surface area contributed by atoms with Crippen LogP contribution in [0.25, 0.3) is 16.9 Å². The molecule has 0 bridgehead atoms. The van der Waals surface area contributed by atoms with Crippen LogP contribution in [0.2, 0.25) is 0 Å². The number of pyridine rings is 1. The van der Waals surface area contributed by atoms with Crippen LogP contribution < -0.4 is 4.74 Å². The summed E-state index contributed by atoms with van der Waals surface area (Å²) in [4.78, 5) is 6.58. The van der Waals surface area contributed by atoms with Gasteiger partial charge in [-0.3, -0.25) is 4.68 Å². The lowest BCUT2D eigenvalue weighted by molar-refractivity contribution is 0.0892. The Kier molecular flexibility index (Phi) is 6.40. The molecule has 9 heteroatoms. The van der Waals surface area contributed by atoms with Crippen molar-refractivity contribution >= 4 is 0 Å². The summed E-state index contributed by atoms with van der Waals surface area (Å²) in [6.07, 6.45) is 9.37. The molecule has 8 nitrogen and oxygen atoms in total. The van der Waals surface area contributed by atoms with Crippen molar-refractivity contribution < 1.29 is 13.9 Å². The van der Waals surface area contributed by atoms with Gasteiger partial charge in [0, 0.05) is 42.4 Å². The molecule has 34 heavy (non-hydrogen) atoms. The zero-order valence-corrected chi connectivity index (χ0v) is 20.4. The standard InChI is InChI=1S/C25H33FN6O2/c1-16-9-18(10-17(2)30(16)3)14-31-15-20(13-28-31)32-23-6-8-34-7-5-21(23)24(29-32)19-11-22(26)25(33-4)27-12-19/h11-13,15-18H,5-10,14H2,1-4H3/t16-,17+,18+. The summed E-state index contributed by atoms with van der Waals surface area (Å²) in [7, 11) is 3.63. The number of rotatable bonds is 5. The molecular weight excluding hydrogens is 435 g/mol. The van der Waals surface area contributed by atoms with E-state index in [-0.39, 0.29) is 5.88 Å². The molecule has 0 radical (unpaired) electrons. The molecule has 5 heterocycles. The van der Waals surface area contributed by atoms with Crippen LogP contribution in [0.1, 0.15) is 37.9 Å². The molecule has 3 aromatic heterocycles. The van der Waals surface area contributed by atoms with Crippen LogP contribution in [0.5, 0.6) is 5.88 Å². The molecule has 1 fully saturated rings. The highest BCUT2D eigenvalue weighted by molar-refractivity contribution is 5.65. The number of piperidine rings is 1. The fourth-order valence-electron chi connectivity index (χ4n) is 5.40. The summed E-state index contributed by atoms with van der Waals surface area (Å²) >= 11 is 0. The lowest BCUT2D eigenvalue weighted by atomic mass is 9.87. The quantitative estimate of drug-likeness (QED) is 0.571. The molecular formula is C25H33FN6O2. The molecule has 3 aromatic rings. The van der Waals surface area contributed by atoms with E-state index in [0.717, 1.165) is 42.0 Å². The van der Waals surface area contributed by atoms with Gasteiger partial charge in [0.05, 0.1) is 44.1 Å². The van der Waals surface area contributed by atoms with E-state index in [1.807, 2.05) is 15.6 Å². The molecule has 0 amide bonds. The van der Waals surface area contributed by atoms with Crippen LogP contribution in [0, 0.1) is 11.7 Å². The summed E-state index contributed by atoms with van der Waals surface area (Å²) in [5, 5.41) is 9.59. The molecule has 182 valence electrons. The van der Waals surface area contributed by atoms with Crippen molar-refractivity contribution in [3.8, 4) is 22.8 Å². The van der Waals surface area contributed by atoms with E-state index < -0.39 is 5.82 Å². The second kappa shape index (κ2) is 9.46. The molecule has 0 spiro atoms. The van der Waals surface area contributed by atoms with E-state index in [0.29, 0.717) is 36.8 Å². The first kappa shape index (κ1) is 23.0. The van der Waals surface area contributed by atoms with Gasteiger partial charge in [-0.15, -0.1) is 0 Å². The Bertz CT molecular complexity index is 1150. The first-order valence-electron chi connectivity index (χ1n) is 12.1. The third-order valence-electron chi connectivity index (χ3n) is 7.39. The zero-order valence-electron chi connectivity index (χ0n) is 20.4. The first-order chi connectivity index (χ1) is 16.4. The molecule has 1 saturated heterocycles.